The molecule has 0 aliphatic carbocycles. The van der Waals surface area contributed by atoms with E-state index in [1.54, 1.807) is 0 Å². The molecule has 0 N–H and O–H groups in total. The van der Waals surface area contributed by atoms with Gasteiger partial charge in [-0.25, -0.2) is 9.97 Å². The molecule has 0 radical (unpaired) electrons. The molecule has 9 aromatic rings. The fourth-order valence-corrected chi connectivity index (χ4v) is 7.42. The molecule has 3 heteroatoms. The second-order valence-electron chi connectivity index (χ2n) is 12.6. The quantitative estimate of drug-likeness (QED) is 0.195. The molecule has 0 amide bonds. The predicted molar refractivity (Wildman–Crippen MR) is 203 cm³/mol. The highest BCUT2D eigenvalue weighted by Gasteiger charge is 2.25. The Balaban J connectivity index is 1.08. The Hall–Kier alpha value is -6.58. The van der Waals surface area contributed by atoms with E-state index >= 15 is 0 Å². The van der Waals surface area contributed by atoms with Gasteiger partial charge in [0.2, 0.25) is 0 Å². The zero-order valence-corrected chi connectivity index (χ0v) is 26.6. The average molecular weight is 624 g/mol. The Morgan fingerprint density at radius 3 is 1.73 bits per heavy atom. The van der Waals surface area contributed by atoms with Gasteiger partial charge in [-0.05, 0) is 75.5 Å². The van der Waals surface area contributed by atoms with Crippen LogP contribution in [0.5, 0.6) is 0 Å². The second kappa shape index (κ2) is 11.0. The number of para-hydroxylation sites is 2. The fraction of sp³-hybridized carbons (Fsp3) is 0. The van der Waals surface area contributed by atoms with Crippen LogP contribution in [0.4, 0.5) is 0 Å². The summed E-state index contributed by atoms with van der Waals surface area (Å²) in [7, 11) is 0. The van der Waals surface area contributed by atoms with E-state index in [-0.39, 0.29) is 0 Å². The van der Waals surface area contributed by atoms with E-state index in [4.69, 9.17) is 9.97 Å². The number of hydrogen-bond acceptors (Lipinski definition) is 2. The van der Waals surface area contributed by atoms with Crippen molar-refractivity contribution in [1.82, 2.24) is 14.5 Å². The van der Waals surface area contributed by atoms with Crippen molar-refractivity contribution in [2.24, 2.45) is 0 Å². The molecule has 3 heterocycles. The third-order valence-electron chi connectivity index (χ3n) is 9.74. The van der Waals surface area contributed by atoms with Crippen LogP contribution in [0.3, 0.4) is 0 Å². The summed E-state index contributed by atoms with van der Waals surface area (Å²) in [6.45, 7) is 0. The molecule has 0 unspecified atom stereocenters. The highest BCUT2D eigenvalue weighted by atomic mass is 15.1. The van der Waals surface area contributed by atoms with E-state index in [9.17, 15) is 0 Å². The van der Waals surface area contributed by atoms with E-state index in [1.807, 2.05) is 0 Å². The van der Waals surface area contributed by atoms with E-state index < -0.39 is 0 Å². The molecule has 49 heavy (non-hydrogen) atoms. The van der Waals surface area contributed by atoms with Gasteiger partial charge in [0.25, 0.3) is 0 Å². The molecule has 10 rings (SSSR count). The Kier molecular flexibility index (Phi) is 6.18. The van der Waals surface area contributed by atoms with E-state index in [0.29, 0.717) is 0 Å². The van der Waals surface area contributed by atoms with Gasteiger partial charge >= 0.3 is 0 Å². The number of aromatic nitrogens is 3. The number of fused-ring (bicyclic) bond motifs is 6. The Morgan fingerprint density at radius 1 is 0.347 bits per heavy atom. The molecule has 3 nitrogen and oxygen atoms in total. The van der Waals surface area contributed by atoms with Crippen molar-refractivity contribution in [3.8, 4) is 73.0 Å². The summed E-state index contributed by atoms with van der Waals surface area (Å²) in [6.07, 6.45) is 0. The summed E-state index contributed by atoms with van der Waals surface area (Å²) in [5.74, 6) is 0.936. The van der Waals surface area contributed by atoms with Crippen molar-refractivity contribution in [1.29, 1.82) is 0 Å². The smallest absolute Gasteiger partial charge is 0.145 e. The van der Waals surface area contributed by atoms with Crippen LogP contribution in [-0.4, -0.2) is 14.5 Å². The normalized spacial score (nSPS) is 11.7. The molecule has 1 aliphatic rings. The number of pyridine rings is 1. The first kappa shape index (κ1) is 27.5. The molecule has 0 spiro atoms. The molecule has 228 valence electrons. The number of rotatable bonds is 4. The van der Waals surface area contributed by atoms with Gasteiger partial charge in [-0.15, -0.1) is 0 Å². The lowest BCUT2D eigenvalue weighted by Crippen LogP contribution is -1.99. The van der Waals surface area contributed by atoms with E-state index in [2.05, 4.69) is 180 Å². The van der Waals surface area contributed by atoms with Crippen molar-refractivity contribution in [2.45, 2.75) is 0 Å². The molecule has 0 saturated carbocycles. The molecular formula is C46H29N3. The van der Waals surface area contributed by atoms with Crippen molar-refractivity contribution in [2.75, 3.05) is 0 Å². The van der Waals surface area contributed by atoms with Crippen LogP contribution < -0.4 is 0 Å². The lowest BCUT2D eigenvalue weighted by molar-refractivity contribution is 1.11. The number of nitrogens with zero attached hydrogens (tertiary/aromatic N) is 3. The van der Waals surface area contributed by atoms with Crippen LogP contribution in [0.15, 0.2) is 176 Å². The fourth-order valence-electron chi connectivity index (χ4n) is 7.42. The van der Waals surface area contributed by atoms with Crippen LogP contribution in [0, 0.1) is 0 Å². The van der Waals surface area contributed by atoms with Crippen molar-refractivity contribution >= 4 is 21.8 Å². The van der Waals surface area contributed by atoms with Crippen molar-refractivity contribution in [3.05, 3.63) is 176 Å². The van der Waals surface area contributed by atoms with Gasteiger partial charge in [0.05, 0.1) is 28.1 Å². The summed E-state index contributed by atoms with van der Waals surface area (Å²) in [6, 6.07) is 62.6. The van der Waals surface area contributed by atoms with Crippen molar-refractivity contribution < 1.29 is 0 Å². The molecule has 7 aromatic carbocycles. The van der Waals surface area contributed by atoms with Gasteiger partial charge in [0, 0.05) is 27.8 Å². The number of hydrogen-bond donors (Lipinski definition) is 0. The number of benzene rings is 7. The highest BCUT2D eigenvalue weighted by molar-refractivity contribution is 6.03. The van der Waals surface area contributed by atoms with Gasteiger partial charge in [-0.2, -0.15) is 0 Å². The predicted octanol–water partition coefficient (Wildman–Crippen LogP) is 11.9. The zero-order valence-electron chi connectivity index (χ0n) is 26.6. The van der Waals surface area contributed by atoms with Crippen LogP contribution >= 0.6 is 0 Å². The third-order valence-corrected chi connectivity index (χ3v) is 9.74. The Bertz CT molecular complexity index is 2730. The van der Waals surface area contributed by atoms with Gasteiger partial charge in [0.1, 0.15) is 5.82 Å². The van der Waals surface area contributed by atoms with Gasteiger partial charge in [0.15, 0.2) is 0 Å². The molecule has 0 atom stereocenters. The van der Waals surface area contributed by atoms with Crippen LogP contribution in [0.1, 0.15) is 0 Å². The SMILES string of the molecule is c1cc(-c2cccc(-c3nc4cccc5c4n3-c3ccccc3-c3ccccc3-5)c2)cc(-c2cccc(-c3ccc4ccccc4c3)n2)c1. The first-order chi connectivity index (χ1) is 24.3. The summed E-state index contributed by atoms with van der Waals surface area (Å²) in [4.78, 5) is 10.4. The van der Waals surface area contributed by atoms with Crippen LogP contribution in [0.25, 0.3) is 94.8 Å². The monoisotopic (exact) mass is 623 g/mol. The standard InChI is InChI=1S/C46H29N3/c1-2-12-31-27-35(26-25-30(31)11-1)42-22-10-21-41(47-42)34-15-7-13-32(28-34)33-14-8-16-36(29-33)46-48-43-23-9-20-40-38-18-4-3-17-37(38)39-19-5-6-24-44(39)49(46)45(40)43/h1-29H. The summed E-state index contributed by atoms with van der Waals surface area (Å²) < 4.78 is 2.36. The second-order valence-corrected chi connectivity index (χ2v) is 12.6. The Labute approximate surface area is 284 Å². The number of imidazole rings is 1. The van der Waals surface area contributed by atoms with Crippen LogP contribution in [0.2, 0.25) is 0 Å². The van der Waals surface area contributed by atoms with Gasteiger partial charge in [-0.1, -0.05) is 133 Å². The maximum atomic E-state index is 5.28. The summed E-state index contributed by atoms with van der Waals surface area (Å²) in [5.41, 5.74) is 15.6. The topological polar surface area (TPSA) is 30.7 Å². The van der Waals surface area contributed by atoms with Gasteiger partial charge in [-0.3, -0.25) is 4.57 Å². The Morgan fingerprint density at radius 2 is 0.918 bits per heavy atom. The van der Waals surface area contributed by atoms with Crippen LogP contribution in [-0.2, 0) is 0 Å². The first-order valence-corrected chi connectivity index (χ1v) is 16.7. The first-order valence-electron chi connectivity index (χ1n) is 16.7. The molecule has 2 aromatic heterocycles. The minimum absolute atomic E-state index is 0.936. The molecule has 0 fully saturated rings. The minimum atomic E-state index is 0.936. The van der Waals surface area contributed by atoms with Crippen molar-refractivity contribution in [3.63, 3.8) is 0 Å². The molecular weight excluding hydrogens is 595 g/mol. The van der Waals surface area contributed by atoms with E-state index in [0.717, 1.165) is 61.8 Å². The molecule has 0 saturated heterocycles. The highest BCUT2D eigenvalue weighted by Crippen LogP contribution is 2.45. The van der Waals surface area contributed by atoms with Gasteiger partial charge < -0.3 is 0 Å². The minimum Gasteiger partial charge on any atom is -0.291 e. The lowest BCUT2D eigenvalue weighted by Gasteiger charge is -2.14. The largest absolute Gasteiger partial charge is 0.291 e. The zero-order chi connectivity index (χ0) is 32.3. The third kappa shape index (κ3) is 4.51. The molecule has 0 bridgehead atoms. The summed E-state index contributed by atoms with van der Waals surface area (Å²) >= 11 is 0. The lowest BCUT2D eigenvalue weighted by atomic mass is 9.94. The maximum absolute atomic E-state index is 5.28. The summed E-state index contributed by atoms with van der Waals surface area (Å²) in [5, 5.41) is 2.45. The average Bonchev–Trinajstić information content (AvgIpc) is 3.52. The molecule has 1 aliphatic heterocycles. The maximum Gasteiger partial charge on any atom is 0.145 e. The van der Waals surface area contributed by atoms with E-state index in [1.165, 1.54) is 33.0 Å².